The van der Waals surface area contributed by atoms with Gasteiger partial charge in [-0.3, -0.25) is 0 Å². The Hall–Kier alpha value is -2.69. The molecule has 0 radical (unpaired) electrons. The Bertz CT molecular complexity index is 691. The molecule has 0 unspecified atom stereocenters. The highest BCUT2D eigenvalue weighted by atomic mass is 16.6. The lowest BCUT2D eigenvalue weighted by molar-refractivity contribution is 0.0523. The first-order chi connectivity index (χ1) is 11.9. The Kier molecular flexibility index (Phi) is 6.28. The van der Waals surface area contributed by atoms with E-state index < -0.39 is 11.7 Å². The van der Waals surface area contributed by atoms with Crippen molar-refractivity contribution in [2.75, 3.05) is 17.7 Å². The molecule has 134 valence electrons. The van der Waals surface area contributed by atoms with Crippen molar-refractivity contribution < 1.29 is 9.53 Å². The number of carbonyl (C=O) groups excluding carboxylic acids is 1. The molecule has 0 saturated heterocycles. The standard InChI is InChI=1S/C20H27N3O2/c1-20(2,3)25-19(24)23-14-16-7-5-6-8-18(16)22-13-15-9-11-17(21-4)12-10-15/h5-12,21-22H,13-14H2,1-4H3,(H,23,24). The van der Waals surface area contributed by atoms with Crippen LogP contribution in [-0.2, 0) is 17.8 Å². The van der Waals surface area contributed by atoms with Gasteiger partial charge in [0.15, 0.2) is 0 Å². The third kappa shape index (κ3) is 6.37. The molecule has 0 aromatic heterocycles. The summed E-state index contributed by atoms with van der Waals surface area (Å²) in [7, 11) is 1.90. The first-order valence-electron chi connectivity index (χ1n) is 8.43. The number of ether oxygens (including phenoxy) is 1. The van der Waals surface area contributed by atoms with Crippen molar-refractivity contribution in [2.45, 2.75) is 39.5 Å². The Morgan fingerprint density at radius 1 is 1.00 bits per heavy atom. The van der Waals surface area contributed by atoms with Crippen LogP contribution in [0, 0.1) is 0 Å². The molecule has 0 bridgehead atoms. The zero-order chi connectivity index (χ0) is 18.3. The van der Waals surface area contributed by atoms with E-state index >= 15 is 0 Å². The summed E-state index contributed by atoms with van der Waals surface area (Å²) in [5.74, 6) is 0. The summed E-state index contributed by atoms with van der Waals surface area (Å²) in [6, 6.07) is 16.2. The molecule has 2 aromatic carbocycles. The molecule has 2 rings (SSSR count). The zero-order valence-corrected chi connectivity index (χ0v) is 15.3. The SMILES string of the molecule is CNc1ccc(CNc2ccccc2CNC(=O)OC(C)(C)C)cc1. The second-order valence-electron chi connectivity index (χ2n) is 6.81. The van der Waals surface area contributed by atoms with E-state index in [4.69, 9.17) is 4.74 Å². The van der Waals surface area contributed by atoms with Crippen LogP contribution >= 0.6 is 0 Å². The van der Waals surface area contributed by atoms with Gasteiger partial charge in [0, 0.05) is 31.5 Å². The molecule has 5 nitrogen and oxygen atoms in total. The van der Waals surface area contributed by atoms with Gasteiger partial charge >= 0.3 is 6.09 Å². The van der Waals surface area contributed by atoms with E-state index in [-0.39, 0.29) is 0 Å². The minimum atomic E-state index is -0.499. The Morgan fingerprint density at radius 3 is 2.32 bits per heavy atom. The van der Waals surface area contributed by atoms with Gasteiger partial charge in [-0.25, -0.2) is 4.79 Å². The number of anilines is 2. The molecule has 0 atom stereocenters. The fourth-order valence-corrected chi connectivity index (χ4v) is 2.32. The summed E-state index contributed by atoms with van der Waals surface area (Å²) in [6.07, 6.45) is -0.412. The monoisotopic (exact) mass is 341 g/mol. The van der Waals surface area contributed by atoms with E-state index in [0.717, 1.165) is 16.9 Å². The van der Waals surface area contributed by atoms with Crippen molar-refractivity contribution in [3.8, 4) is 0 Å². The van der Waals surface area contributed by atoms with Crippen molar-refractivity contribution in [2.24, 2.45) is 0 Å². The first-order valence-corrected chi connectivity index (χ1v) is 8.43. The predicted octanol–water partition coefficient (Wildman–Crippen LogP) is 4.37. The molecule has 5 heteroatoms. The number of rotatable bonds is 6. The lowest BCUT2D eigenvalue weighted by atomic mass is 10.1. The lowest BCUT2D eigenvalue weighted by Gasteiger charge is -2.20. The van der Waals surface area contributed by atoms with E-state index in [2.05, 4.69) is 28.1 Å². The summed E-state index contributed by atoms with van der Waals surface area (Å²) in [4.78, 5) is 11.8. The van der Waals surface area contributed by atoms with Crippen LogP contribution in [0.5, 0.6) is 0 Å². The van der Waals surface area contributed by atoms with Crippen LogP contribution in [0.2, 0.25) is 0 Å². The molecule has 2 aromatic rings. The van der Waals surface area contributed by atoms with Gasteiger partial charge in [-0.05, 0) is 50.1 Å². The van der Waals surface area contributed by atoms with Crippen LogP contribution in [0.3, 0.4) is 0 Å². The molecular formula is C20H27N3O2. The van der Waals surface area contributed by atoms with E-state index in [1.165, 1.54) is 5.56 Å². The molecule has 3 N–H and O–H groups in total. The maximum absolute atomic E-state index is 11.8. The summed E-state index contributed by atoms with van der Waals surface area (Å²) in [6.45, 7) is 6.68. The van der Waals surface area contributed by atoms with Crippen LogP contribution < -0.4 is 16.0 Å². The van der Waals surface area contributed by atoms with Gasteiger partial charge in [-0.15, -0.1) is 0 Å². The summed E-state index contributed by atoms with van der Waals surface area (Å²) >= 11 is 0. The molecule has 0 heterocycles. The van der Waals surface area contributed by atoms with Gasteiger partial charge in [-0.1, -0.05) is 30.3 Å². The van der Waals surface area contributed by atoms with Gasteiger partial charge in [0.05, 0.1) is 0 Å². The van der Waals surface area contributed by atoms with Crippen LogP contribution in [0.15, 0.2) is 48.5 Å². The fraction of sp³-hybridized carbons (Fsp3) is 0.350. The maximum Gasteiger partial charge on any atom is 0.407 e. The minimum absolute atomic E-state index is 0.412. The summed E-state index contributed by atoms with van der Waals surface area (Å²) in [5, 5.41) is 9.33. The van der Waals surface area contributed by atoms with Gasteiger partial charge in [0.2, 0.25) is 0 Å². The van der Waals surface area contributed by atoms with E-state index in [1.54, 1.807) is 0 Å². The Morgan fingerprint density at radius 2 is 1.68 bits per heavy atom. The number of hydrogen-bond donors (Lipinski definition) is 3. The minimum Gasteiger partial charge on any atom is -0.444 e. The molecule has 0 saturated carbocycles. The fourth-order valence-electron chi connectivity index (χ4n) is 2.32. The number of carbonyl (C=O) groups is 1. The van der Waals surface area contributed by atoms with E-state index in [9.17, 15) is 4.79 Å². The molecular weight excluding hydrogens is 314 g/mol. The van der Waals surface area contributed by atoms with Gasteiger partial charge in [-0.2, -0.15) is 0 Å². The number of para-hydroxylation sites is 1. The molecule has 0 aliphatic heterocycles. The van der Waals surface area contributed by atoms with Crippen molar-refractivity contribution in [1.82, 2.24) is 5.32 Å². The van der Waals surface area contributed by atoms with Crippen LogP contribution in [0.1, 0.15) is 31.9 Å². The highest BCUT2D eigenvalue weighted by Crippen LogP contribution is 2.17. The van der Waals surface area contributed by atoms with Gasteiger partial charge in [0.25, 0.3) is 0 Å². The largest absolute Gasteiger partial charge is 0.444 e. The highest BCUT2D eigenvalue weighted by Gasteiger charge is 2.16. The van der Waals surface area contributed by atoms with Gasteiger partial charge < -0.3 is 20.7 Å². The van der Waals surface area contributed by atoms with Crippen LogP contribution in [-0.4, -0.2) is 18.7 Å². The average Bonchev–Trinajstić information content (AvgIpc) is 2.58. The zero-order valence-electron chi connectivity index (χ0n) is 15.3. The second-order valence-corrected chi connectivity index (χ2v) is 6.81. The second kappa shape index (κ2) is 8.42. The normalized spacial score (nSPS) is 10.9. The molecule has 1 amide bonds. The molecule has 0 spiro atoms. The van der Waals surface area contributed by atoms with Crippen molar-refractivity contribution in [1.29, 1.82) is 0 Å². The number of hydrogen-bond acceptors (Lipinski definition) is 4. The van der Waals surface area contributed by atoms with Crippen molar-refractivity contribution >= 4 is 17.5 Å². The molecule has 0 aliphatic rings. The smallest absolute Gasteiger partial charge is 0.407 e. The average molecular weight is 341 g/mol. The third-order valence-corrected chi connectivity index (χ3v) is 3.56. The highest BCUT2D eigenvalue weighted by molar-refractivity contribution is 5.68. The van der Waals surface area contributed by atoms with E-state index in [1.807, 2.05) is 64.2 Å². The van der Waals surface area contributed by atoms with Gasteiger partial charge in [0.1, 0.15) is 5.60 Å². The number of benzene rings is 2. The third-order valence-electron chi connectivity index (χ3n) is 3.56. The summed E-state index contributed by atoms with van der Waals surface area (Å²) < 4.78 is 5.27. The molecule has 25 heavy (non-hydrogen) atoms. The lowest BCUT2D eigenvalue weighted by Crippen LogP contribution is -2.32. The predicted molar refractivity (Wildman–Crippen MR) is 103 cm³/mol. The first kappa shape index (κ1) is 18.6. The molecule has 0 fully saturated rings. The Labute approximate surface area is 149 Å². The maximum atomic E-state index is 11.8. The topological polar surface area (TPSA) is 62.4 Å². The summed E-state index contributed by atoms with van der Waals surface area (Å²) in [5.41, 5.74) is 3.79. The van der Waals surface area contributed by atoms with Crippen LogP contribution in [0.25, 0.3) is 0 Å². The van der Waals surface area contributed by atoms with Crippen molar-refractivity contribution in [3.05, 3.63) is 59.7 Å². The number of nitrogens with one attached hydrogen (secondary N) is 3. The number of amides is 1. The quantitative estimate of drug-likeness (QED) is 0.730. The van der Waals surface area contributed by atoms with Crippen molar-refractivity contribution in [3.63, 3.8) is 0 Å². The van der Waals surface area contributed by atoms with E-state index in [0.29, 0.717) is 13.1 Å². The number of alkyl carbamates (subject to hydrolysis) is 1. The Balaban J connectivity index is 1.94. The molecule has 0 aliphatic carbocycles. The van der Waals surface area contributed by atoms with Crippen LogP contribution in [0.4, 0.5) is 16.2 Å².